The van der Waals surface area contributed by atoms with E-state index in [0.717, 1.165) is 26.0 Å². The molecule has 0 radical (unpaired) electrons. The lowest BCUT2D eigenvalue weighted by atomic mass is 10.0. The summed E-state index contributed by atoms with van der Waals surface area (Å²) in [6.45, 7) is 1.40. The zero-order valence-corrected chi connectivity index (χ0v) is 26.3. The van der Waals surface area contributed by atoms with Crippen LogP contribution in [0.1, 0.15) is 18.1 Å². The van der Waals surface area contributed by atoms with E-state index in [2.05, 4.69) is 21.2 Å². The Kier molecular flexibility index (Phi) is 10.9. The summed E-state index contributed by atoms with van der Waals surface area (Å²) in [5, 5.41) is 14.4. The van der Waals surface area contributed by atoms with Gasteiger partial charge in [-0.1, -0.05) is 82.7 Å². The first kappa shape index (κ1) is 32.4. The molecule has 4 aromatic rings. The van der Waals surface area contributed by atoms with Crippen molar-refractivity contribution in [2.24, 2.45) is 0 Å². The second-order valence-electron chi connectivity index (χ2n) is 9.85. The second-order valence-corrected chi connectivity index (χ2v) is 12.6. The van der Waals surface area contributed by atoms with E-state index in [-0.39, 0.29) is 29.2 Å². The van der Waals surface area contributed by atoms with Gasteiger partial charge in [0.05, 0.1) is 15.5 Å². The standard InChI is InChI=1S/C32H31BrN4O6S/c1-2-34-32(39)30(20-24-10-5-3-6-11-24)35(22-25-16-18-26(33)19-17-25)31(38)23-36(27-12-9-13-28(21-27)37(40)41)44(42,43)29-14-7-4-8-15-29/h3-19,21,30H,2,20,22-23H2,1H3,(H,34,39). The number of nitro benzene ring substituents is 1. The van der Waals surface area contributed by atoms with Crippen molar-refractivity contribution in [2.75, 3.05) is 17.4 Å². The van der Waals surface area contributed by atoms with Crippen molar-refractivity contribution in [1.29, 1.82) is 0 Å². The highest BCUT2D eigenvalue weighted by molar-refractivity contribution is 9.10. The van der Waals surface area contributed by atoms with Crippen molar-refractivity contribution in [3.63, 3.8) is 0 Å². The van der Waals surface area contributed by atoms with Crippen molar-refractivity contribution < 1.29 is 22.9 Å². The summed E-state index contributed by atoms with van der Waals surface area (Å²) >= 11 is 3.41. The minimum atomic E-state index is -4.36. The fourth-order valence-electron chi connectivity index (χ4n) is 4.64. The van der Waals surface area contributed by atoms with Gasteiger partial charge in [-0.05, 0) is 48.4 Å². The monoisotopic (exact) mass is 678 g/mol. The lowest BCUT2D eigenvalue weighted by Crippen LogP contribution is -2.53. The van der Waals surface area contributed by atoms with Crippen molar-refractivity contribution in [3.05, 3.63) is 135 Å². The molecule has 0 aliphatic rings. The molecule has 228 valence electrons. The molecule has 1 N–H and O–H groups in total. The summed E-state index contributed by atoms with van der Waals surface area (Å²) in [4.78, 5) is 40.0. The molecule has 4 aromatic carbocycles. The van der Waals surface area contributed by atoms with Gasteiger partial charge in [0.25, 0.3) is 15.7 Å². The van der Waals surface area contributed by atoms with E-state index in [1.54, 1.807) is 37.3 Å². The summed E-state index contributed by atoms with van der Waals surface area (Å²) in [7, 11) is -4.36. The number of carbonyl (C=O) groups excluding carboxylic acids is 2. The Morgan fingerprint density at radius 3 is 2.14 bits per heavy atom. The maximum absolute atomic E-state index is 14.3. The number of nitro groups is 1. The number of non-ortho nitro benzene ring substituents is 1. The van der Waals surface area contributed by atoms with Crippen LogP contribution in [0.15, 0.2) is 119 Å². The molecular weight excluding hydrogens is 648 g/mol. The Bertz CT molecular complexity index is 1700. The van der Waals surface area contributed by atoms with Crippen molar-refractivity contribution in [2.45, 2.75) is 30.8 Å². The molecule has 0 aliphatic carbocycles. The molecule has 0 aliphatic heterocycles. The number of hydrogen-bond donors (Lipinski definition) is 1. The molecule has 0 aromatic heterocycles. The first-order chi connectivity index (χ1) is 21.1. The molecular formula is C32H31BrN4O6S. The average molecular weight is 680 g/mol. The van der Waals surface area contributed by atoms with E-state index < -0.39 is 39.3 Å². The third-order valence-electron chi connectivity index (χ3n) is 6.83. The molecule has 0 fully saturated rings. The van der Waals surface area contributed by atoms with Crippen LogP contribution in [0, 0.1) is 10.1 Å². The molecule has 2 amide bonds. The summed E-state index contributed by atoms with van der Waals surface area (Å²) in [6.07, 6.45) is 0.178. The van der Waals surface area contributed by atoms with E-state index in [1.807, 2.05) is 42.5 Å². The topological polar surface area (TPSA) is 130 Å². The number of likely N-dealkylation sites (N-methyl/N-ethyl adjacent to an activating group) is 1. The lowest BCUT2D eigenvalue weighted by molar-refractivity contribution is -0.384. The maximum Gasteiger partial charge on any atom is 0.271 e. The number of carbonyl (C=O) groups is 2. The van der Waals surface area contributed by atoms with Gasteiger partial charge in [0.15, 0.2) is 0 Å². The van der Waals surface area contributed by atoms with Crippen LogP contribution in [0.2, 0.25) is 0 Å². The number of amides is 2. The second kappa shape index (κ2) is 14.8. The first-order valence-corrected chi connectivity index (χ1v) is 16.0. The third kappa shape index (κ3) is 8.08. The fourth-order valence-corrected chi connectivity index (χ4v) is 6.33. The zero-order valence-electron chi connectivity index (χ0n) is 23.9. The fraction of sp³-hybridized carbons (Fsp3) is 0.188. The minimum Gasteiger partial charge on any atom is -0.355 e. The Hall–Kier alpha value is -4.55. The number of nitrogens with one attached hydrogen (secondary N) is 1. The zero-order chi connectivity index (χ0) is 31.7. The number of rotatable bonds is 13. The van der Waals surface area contributed by atoms with Gasteiger partial charge in [0, 0.05) is 36.1 Å². The van der Waals surface area contributed by atoms with Crippen molar-refractivity contribution in [3.8, 4) is 0 Å². The van der Waals surface area contributed by atoms with Crippen LogP contribution in [0.25, 0.3) is 0 Å². The molecule has 1 atom stereocenters. The highest BCUT2D eigenvalue weighted by atomic mass is 79.9. The molecule has 44 heavy (non-hydrogen) atoms. The van der Waals surface area contributed by atoms with Crippen LogP contribution in [-0.4, -0.2) is 49.2 Å². The predicted octanol–water partition coefficient (Wildman–Crippen LogP) is 5.33. The highest BCUT2D eigenvalue weighted by Gasteiger charge is 2.34. The van der Waals surface area contributed by atoms with Gasteiger partial charge in [-0.2, -0.15) is 0 Å². The Labute approximate surface area is 264 Å². The van der Waals surface area contributed by atoms with Crippen molar-refractivity contribution >= 4 is 49.1 Å². The number of anilines is 1. The van der Waals surface area contributed by atoms with Gasteiger partial charge >= 0.3 is 0 Å². The van der Waals surface area contributed by atoms with Crippen LogP contribution in [0.3, 0.4) is 0 Å². The van der Waals surface area contributed by atoms with Crippen LogP contribution in [-0.2, 0) is 32.6 Å². The number of benzene rings is 4. The summed E-state index contributed by atoms with van der Waals surface area (Å²) in [5.74, 6) is -1.05. The highest BCUT2D eigenvalue weighted by Crippen LogP contribution is 2.28. The molecule has 0 saturated carbocycles. The van der Waals surface area contributed by atoms with Crippen LogP contribution < -0.4 is 9.62 Å². The van der Waals surface area contributed by atoms with E-state index >= 15 is 0 Å². The van der Waals surface area contributed by atoms with Gasteiger partial charge < -0.3 is 10.2 Å². The molecule has 4 rings (SSSR count). The molecule has 0 saturated heterocycles. The van der Waals surface area contributed by atoms with E-state index in [9.17, 15) is 28.1 Å². The molecule has 1 unspecified atom stereocenters. The van der Waals surface area contributed by atoms with Gasteiger partial charge in [0.1, 0.15) is 12.6 Å². The molecule has 0 heterocycles. The summed E-state index contributed by atoms with van der Waals surface area (Å²) in [5.41, 5.74) is 1.14. The summed E-state index contributed by atoms with van der Waals surface area (Å²) in [6, 6.07) is 28.1. The normalized spacial score (nSPS) is 11.8. The number of hydrogen-bond acceptors (Lipinski definition) is 6. The first-order valence-electron chi connectivity index (χ1n) is 13.8. The predicted molar refractivity (Wildman–Crippen MR) is 171 cm³/mol. The quantitative estimate of drug-likeness (QED) is 0.150. The summed E-state index contributed by atoms with van der Waals surface area (Å²) < 4.78 is 29.6. The van der Waals surface area contributed by atoms with Gasteiger partial charge in [-0.15, -0.1) is 0 Å². The Morgan fingerprint density at radius 1 is 0.886 bits per heavy atom. The lowest BCUT2D eigenvalue weighted by Gasteiger charge is -2.33. The Morgan fingerprint density at radius 2 is 1.52 bits per heavy atom. The molecule has 12 heteroatoms. The van der Waals surface area contributed by atoms with Crippen LogP contribution in [0.5, 0.6) is 0 Å². The average Bonchev–Trinajstić information content (AvgIpc) is 3.03. The Balaban J connectivity index is 1.81. The molecule has 0 bridgehead atoms. The minimum absolute atomic E-state index is 0.00884. The number of nitrogens with zero attached hydrogens (tertiary/aromatic N) is 3. The van der Waals surface area contributed by atoms with Crippen molar-refractivity contribution in [1.82, 2.24) is 10.2 Å². The number of sulfonamides is 1. The van der Waals surface area contributed by atoms with E-state index in [0.29, 0.717) is 6.54 Å². The SMILES string of the molecule is CCNC(=O)C(Cc1ccccc1)N(Cc1ccc(Br)cc1)C(=O)CN(c1cccc([N+](=O)[O-])c1)S(=O)(=O)c1ccccc1. The van der Waals surface area contributed by atoms with Gasteiger partial charge in [-0.25, -0.2) is 8.42 Å². The molecule has 10 nitrogen and oxygen atoms in total. The van der Waals surface area contributed by atoms with Gasteiger partial charge in [0.2, 0.25) is 11.8 Å². The maximum atomic E-state index is 14.3. The third-order valence-corrected chi connectivity index (χ3v) is 9.14. The van der Waals surface area contributed by atoms with E-state index in [1.165, 1.54) is 35.2 Å². The largest absolute Gasteiger partial charge is 0.355 e. The number of halogens is 1. The smallest absolute Gasteiger partial charge is 0.271 e. The molecule has 0 spiro atoms. The van der Waals surface area contributed by atoms with Crippen LogP contribution in [0.4, 0.5) is 11.4 Å². The van der Waals surface area contributed by atoms with Gasteiger partial charge in [-0.3, -0.25) is 24.0 Å². The van der Waals surface area contributed by atoms with E-state index in [4.69, 9.17) is 0 Å². The van der Waals surface area contributed by atoms with Crippen LogP contribution >= 0.6 is 15.9 Å².